The highest BCUT2D eigenvalue weighted by atomic mass is 19.4. The van der Waals surface area contributed by atoms with Crippen LogP contribution in [0.2, 0.25) is 0 Å². The molecule has 0 unspecified atom stereocenters. The minimum absolute atomic E-state index is 0.154. The summed E-state index contributed by atoms with van der Waals surface area (Å²) in [6, 6.07) is 3.96. The van der Waals surface area contributed by atoms with Crippen LogP contribution >= 0.6 is 0 Å². The lowest BCUT2D eigenvalue weighted by atomic mass is 10.1. The fourth-order valence-corrected chi connectivity index (χ4v) is 2.04. The lowest BCUT2D eigenvalue weighted by Crippen LogP contribution is -2.12. The van der Waals surface area contributed by atoms with Crippen LogP contribution in [0.5, 0.6) is 5.75 Å². The number of alkyl halides is 6. The molecule has 0 fully saturated rings. The Morgan fingerprint density at radius 1 is 0.920 bits per heavy atom. The van der Waals surface area contributed by atoms with Crippen LogP contribution in [0.25, 0.3) is 0 Å². The van der Waals surface area contributed by atoms with Crippen molar-refractivity contribution in [2.45, 2.75) is 19.0 Å². The highest BCUT2D eigenvalue weighted by Crippen LogP contribution is 2.35. The van der Waals surface area contributed by atoms with E-state index in [1.54, 1.807) is 0 Å². The van der Waals surface area contributed by atoms with E-state index in [0.717, 1.165) is 18.2 Å². The monoisotopic (exact) mass is 366 g/mol. The second-order valence-corrected chi connectivity index (χ2v) is 4.99. The summed E-state index contributed by atoms with van der Waals surface area (Å²) < 4.78 is 94.9. The molecule has 0 heterocycles. The Hall–Kier alpha value is -2.58. The molecule has 0 bridgehead atoms. The van der Waals surface area contributed by atoms with Crippen LogP contribution in [-0.2, 0) is 19.0 Å². The van der Waals surface area contributed by atoms with Crippen LogP contribution in [-0.4, -0.2) is 6.29 Å². The quantitative estimate of drug-likeness (QED) is 0.545. The second-order valence-electron chi connectivity index (χ2n) is 4.99. The van der Waals surface area contributed by atoms with Crippen molar-refractivity contribution in [3.8, 4) is 5.75 Å². The first-order valence-electron chi connectivity index (χ1n) is 6.66. The van der Waals surface area contributed by atoms with Gasteiger partial charge < -0.3 is 4.74 Å². The van der Waals surface area contributed by atoms with E-state index in [1.807, 2.05) is 0 Å². The number of rotatable bonds is 4. The van der Waals surface area contributed by atoms with E-state index >= 15 is 0 Å². The normalized spacial score (nSPS) is 12.1. The predicted octanol–water partition coefficient (Wildman–Crippen LogP) is 5.25. The Labute approximate surface area is 136 Å². The molecule has 0 atom stereocenters. The Kier molecular flexibility index (Phi) is 5.05. The highest BCUT2D eigenvalue weighted by molar-refractivity contribution is 5.76. The van der Waals surface area contributed by atoms with Gasteiger partial charge in [-0.1, -0.05) is 6.07 Å². The third-order valence-electron chi connectivity index (χ3n) is 3.16. The summed E-state index contributed by atoms with van der Waals surface area (Å²) in [5.74, 6) is -1.55. The fraction of sp³-hybridized carbons (Fsp3) is 0.188. The van der Waals surface area contributed by atoms with E-state index in [0.29, 0.717) is 12.1 Å². The molecule has 2 rings (SSSR count). The van der Waals surface area contributed by atoms with Crippen molar-refractivity contribution >= 4 is 6.29 Å². The van der Waals surface area contributed by atoms with Crippen molar-refractivity contribution in [2.24, 2.45) is 0 Å². The molecule has 0 spiro atoms. The van der Waals surface area contributed by atoms with Crippen LogP contribution in [0.3, 0.4) is 0 Å². The molecular formula is C16H9F7O2. The predicted molar refractivity (Wildman–Crippen MR) is 72.6 cm³/mol. The van der Waals surface area contributed by atoms with Gasteiger partial charge in [-0.2, -0.15) is 26.3 Å². The smallest absolute Gasteiger partial charge is 0.416 e. The number of ether oxygens (including phenoxy) is 1. The molecule has 25 heavy (non-hydrogen) atoms. The van der Waals surface area contributed by atoms with Crippen molar-refractivity contribution in [3.63, 3.8) is 0 Å². The number of hydrogen-bond donors (Lipinski definition) is 0. The first kappa shape index (κ1) is 18.8. The SMILES string of the molecule is O=Cc1cc(OCc2ccc(F)cc2C(F)(F)F)cc(C(F)(F)F)c1. The van der Waals surface area contributed by atoms with Gasteiger partial charge in [-0.05, 0) is 30.3 Å². The molecule has 2 nitrogen and oxygen atoms in total. The summed E-state index contributed by atoms with van der Waals surface area (Å²) in [5, 5.41) is 0. The number of halogens is 7. The maximum absolute atomic E-state index is 13.0. The number of aldehydes is 1. The first-order valence-corrected chi connectivity index (χ1v) is 6.66. The molecule has 0 aliphatic heterocycles. The molecule has 0 radical (unpaired) electrons. The first-order chi connectivity index (χ1) is 11.5. The van der Waals surface area contributed by atoms with Crippen LogP contribution < -0.4 is 4.74 Å². The second kappa shape index (κ2) is 6.73. The molecule has 0 saturated heterocycles. The van der Waals surface area contributed by atoms with E-state index < -0.39 is 47.2 Å². The average Bonchev–Trinajstić information content (AvgIpc) is 2.51. The summed E-state index contributed by atoms with van der Waals surface area (Å²) in [6.07, 6.45) is -9.46. The van der Waals surface area contributed by atoms with Crippen LogP contribution in [0.15, 0.2) is 36.4 Å². The molecule has 0 aromatic heterocycles. The third-order valence-corrected chi connectivity index (χ3v) is 3.16. The van der Waals surface area contributed by atoms with E-state index in [2.05, 4.69) is 0 Å². The highest BCUT2D eigenvalue weighted by Gasteiger charge is 2.34. The lowest BCUT2D eigenvalue weighted by molar-refractivity contribution is -0.139. The molecule has 134 valence electrons. The van der Waals surface area contributed by atoms with Crippen molar-refractivity contribution in [3.05, 3.63) is 64.5 Å². The Morgan fingerprint density at radius 2 is 1.60 bits per heavy atom. The van der Waals surface area contributed by atoms with Crippen LogP contribution in [0, 0.1) is 5.82 Å². The molecule has 0 aliphatic carbocycles. The van der Waals surface area contributed by atoms with E-state index in [4.69, 9.17) is 4.74 Å². The van der Waals surface area contributed by atoms with E-state index in [9.17, 15) is 35.5 Å². The van der Waals surface area contributed by atoms with E-state index in [-0.39, 0.29) is 17.9 Å². The Balaban J connectivity index is 2.32. The van der Waals surface area contributed by atoms with Crippen LogP contribution in [0.1, 0.15) is 27.0 Å². The van der Waals surface area contributed by atoms with Gasteiger partial charge in [0.15, 0.2) is 0 Å². The topological polar surface area (TPSA) is 26.3 Å². The zero-order chi connectivity index (χ0) is 18.8. The van der Waals surface area contributed by atoms with Gasteiger partial charge in [0.1, 0.15) is 24.5 Å². The molecule has 0 N–H and O–H groups in total. The Morgan fingerprint density at radius 3 is 2.16 bits per heavy atom. The molecule has 9 heteroatoms. The standard InChI is InChI=1S/C16H9F7O2/c17-12-2-1-10(14(6-12)16(21,22)23)8-25-13-4-9(7-24)3-11(5-13)15(18,19)20/h1-7H,8H2. The average molecular weight is 366 g/mol. The molecule has 0 aliphatic rings. The summed E-state index contributed by atoms with van der Waals surface area (Å²) >= 11 is 0. The van der Waals surface area contributed by atoms with Gasteiger partial charge in [0.05, 0.1) is 11.1 Å². The zero-order valence-corrected chi connectivity index (χ0v) is 12.2. The maximum atomic E-state index is 13.0. The summed E-state index contributed by atoms with van der Waals surface area (Å²) in [5.41, 5.74) is -3.28. The van der Waals surface area contributed by atoms with Gasteiger partial charge >= 0.3 is 12.4 Å². The molecule has 2 aromatic carbocycles. The largest absolute Gasteiger partial charge is 0.489 e. The molecular weight excluding hydrogens is 357 g/mol. The van der Waals surface area contributed by atoms with Crippen molar-refractivity contribution in [2.75, 3.05) is 0 Å². The van der Waals surface area contributed by atoms with E-state index in [1.165, 1.54) is 0 Å². The number of carbonyl (C=O) groups is 1. The zero-order valence-electron chi connectivity index (χ0n) is 12.2. The summed E-state index contributed by atoms with van der Waals surface area (Å²) in [6.45, 7) is -0.755. The van der Waals surface area contributed by atoms with Gasteiger partial charge in [0.2, 0.25) is 0 Å². The number of benzene rings is 2. The number of carbonyl (C=O) groups excluding carboxylic acids is 1. The number of hydrogen-bond acceptors (Lipinski definition) is 2. The molecule has 0 saturated carbocycles. The Bertz CT molecular complexity index is 779. The van der Waals surface area contributed by atoms with Crippen molar-refractivity contribution < 1.29 is 40.3 Å². The van der Waals surface area contributed by atoms with Crippen molar-refractivity contribution in [1.29, 1.82) is 0 Å². The van der Waals surface area contributed by atoms with Gasteiger partial charge in [0.25, 0.3) is 0 Å². The lowest BCUT2D eigenvalue weighted by Gasteiger charge is -2.15. The third kappa shape index (κ3) is 4.71. The summed E-state index contributed by atoms with van der Waals surface area (Å²) in [7, 11) is 0. The van der Waals surface area contributed by atoms with Gasteiger partial charge in [-0.25, -0.2) is 4.39 Å². The summed E-state index contributed by atoms with van der Waals surface area (Å²) in [4.78, 5) is 10.7. The van der Waals surface area contributed by atoms with Gasteiger partial charge in [-0.15, -0.1) is 0 Å². The van der Waals surface area contributed by atoms with Crippen molar-refractivity contribution in [1.82, 2.24) is 0 Å². The molecule has 2 aromatic rings. The van der Waals surface area contributed by atoms with Gasteiger partial charge in [-0.3, -0.25) is 4.79 Å². The van der Waals surface area contributed by atoms with Crippen LogP contribution in [0.4, 0.5) is 30.7 Å². The fourth-order valence-electron chi connectivity index (χ4n) is 2.04. The maximum Gasteiger partial charge on any atom is 0.416 e. The molecule has 0 amide bonds. The van der Waals surface area contributed by atoms with Gasteiger partial charge in [0, 0.05) is 11.1 Å². The minimum atomic E-state index is -4.86. The minimum Gasteiger partial charge on any atom is -0.489 e.